The smallest absolute Gasteiger partial charge is 0.240 e. The SMILES string of the molecule is CCN(Cc1ccccc1)C(=O)C1(C(=O)Nc2cc(C)ccc2OC)CC1. The maximum atomic E-state index is 13.1. The van der Waals surface area contributed by atoms with E-state index in [2.05, 4.69) is 5.32 Å². The van der Waals surface area contributed by atoms with E-state index in [-0.39, 0.29) is 11.8 Å². The third-order valence-electron chi connectivity index (χ3n) is 5.08. The summed E-state index contributed by atoms with van der Waals surface area (Å²) in [4.78, 5) is 27.9. The predicted octanol–water partition coefficient (Wildman–Crippen LogP) is 3.77. The third kappa shape index (κ3) is 3.97. The molecule has 0 spiro atoms. The molecule has 2 aromatic carbocycles. The van der Waals surface area contributed by atoms with Gasteiger partial charge in [0.1, 0.15) is 11.2 Å². The fourth-order valence-electron chi connectivity index (χ4n) is 3.26. The Hall–Kier alpha value is -2.82. The number of benzene rings is 2. The second kappa shape index (κ2) is 7.82. The highest BCUT2D eigenvalue weighted by Crippen LogP contribution is 2.48. The molecule has 5 nitrogen and oxygen atoms in total. The zero-order valence-corrected chi connectivity index (χ0v) is 16.1. The standard InChI is InChI=1S/C22H26N2O3/c1-4-24(15-17-8-6-5-7-9-17)21(26)22(12-13-22)20(25)23-18-14-16(2)10-11-19(18)27-3/h5-11,14H,4,12-13,15H2,1-3H3,(H,23,25). The van der Waals surface area contributed by atoms with Gasteiger partial charge in [0.05, 0.1) is 12.8 Å². The van der Waals surface area contributed by atoms with Gasteiger partial charge in [-0.3, -0.25) is 9.59 Å². The molecule has 27 heavy (non-hydrogen) atoms. The highest BCUT2D eigenvalue weighted by atomic mass is 16.5. The van der Waals surface area contributed by atoms with Crippen molar-refractivity contribution in [1.29, 1.82) is 0 Å². The van der Waals surface area contributed by atoms with Gasteiger partial charge in [0.2, 0.25) is 11.8 Å². The molecule has 1 fully saturated rings. The number of methoxy groups -OCH3 is 1. The van der Waals surface area contributed by atoms with Gasteiger partial charge in [0.15, 0.2) is 0 Å². The van der Waals surface area contributed by atoms with Crippen molar-refractivity contribution < 1.29 is 14.3 Å². The summed E-state index contributed by atoms with van der Waals surface area (Å²) >= 11 is 0. The number of aryl methyl sites for hydroxylation is 1. The van der Waals surface area contributed by atoms with Crippen LogP contribution in [0.2, 0.25) is 0 Å². The number of carbonyl (C=O) groups is 2. The van der Waals surface area contributed by atoms with E-state index in [1.165, 1.54) is 0 Å². The molecule has 0 bridgehead atoms. The van der Waals surface area contributed by atoms with Crippen molar-refractivity contribution in [3.05, 3.63) is 59.7 Å². The van der Waals surface area contributed by atoms with E-state index in [0.717, 1.165) is 11.1 Å². The summed E-state index contributed by atoms with van der Waals surface area (Å²) in [7, 11) is 1.57. The summed E-state index contributed by atoms with van der Waals surface area (Å²) in [6, 6.07) is 15.5. The van der Waals surface area contributed by atoms with Crippen molar-refractivity contribution in [2.24, 2.45) is 5.41 Å². The molecule has 0 heterocycles. The Labute approximate surface area is 160 Å². The zero-order chi connectivity index (χ0) is 19.4. The minimum Gasteiger partial charge on any atom is -0.495 e. The Morgan fingerprint density at radius 3 is 2.44 bits per heavy atom. The van der Waals surface area contributed by atoms with Gasteiger partial charge in [0, 0.05) is 13.1 Å². The molecule has 142 valence electrons. The van der Waals surface area contributed by atoms with E-state index in [0.29, 0.717) is 37.4 Å². The molecule has 0 unspecified atom stereocenters. The molecule has 5 heteroatoms. The van der Waals surface area contributed by atoms with Crippen LogP contribution in [0.25, 0.3) is 0 Å². The molecular weight excluding hydrogens is 340 g/mol. The number of hydrogen-bond acceptors (Lipinski definition) is 3. The Morgan fingerprint density at radius 1 is 1.15 bits per heavy atom. The summed E-state index contributed by atoms with van der Waals surface area (Å²) in [6.07, 6.45) is 1.16. The summed E-state index contributed by atoms with van der Waals surface area (Å²) in [6.45, 7) is 4.97. The molecule has 2 amide bonds. The molecule has 1 aliphatic carbocycles. The van der Waals surface area contributed by atoms with E-state index in [1.807, 2.05) is 62.4 Å². The zero-order valence-electron chi connectivity index (χ0n) is 16.1. The first-order chi connectivity index (χ1) is 13.0. The second-order valence-corrected chi connectivity index (χ2v) is 7.04. The Balaban J connectivity index is 1.76. The average molecular weight is 366 g/mol. The molecule has 0 saturated heterocycles. The molecule has 1 aliphatic rings. The van der Waals surface area contributed by atoms with Crippen LogP contribution in [0, 0.1) is 12.3 Å². The number of amides is 2. The summed E-state index contributed by atoms with van der Waals surface area (Å²) in [5, 5.41) is 2.92. The molecule has 3 rings (SSSR count). The number of rotatable bonds is 7. The van der Waals surface area contributed by atoms with E-state index in [1.54, 1.807) is 12.0 Å². The van der Waals surface area contributed by atoms with Crippen LogP contribution in [-0.4, -0.2) is 30.4 Å². The molecule has 1 N–H and O–H groups in total. The van der Waals surface area contributed by atoms with Crippen LogP contribution in [-0.2, 0) is 16.1 Å². The van der Waals surface area contributed by atoms with Gasteiger partial charge in [-0.25, -0.2) is 0 Å². The number of nitrogens with zero attached hydrogens (tertiary/aromatic N) is 1. The maximum absolute atomic E-state index is 13.1. The monoisotopic (exact) mass is 366 g/mol. The van der Waals surface area contributed by atoms with E-state index in [4.69, 9.17) is 4.74 Å². The lowest BCUT2D eigenvalue weighted by atomic mass is 10.0. The van der Waals surface area contributed by atoms with Crippen molar-refractivity contribution in [3.8, 4) is 5.75 Å². The molecule has 0 aromatic heterocycles. The van der Waals surface area contributed by atoms with Crippen molar-refractivity contribution in [3.63, 3.8) is 0 Å². The Kier molecular flexibility index (Phi) is 5.49. The van der Waals surface area contributed by atoms with Gasteiger partial charge in [-0.15, -0.1) is 0 Å². The van der Waals surface area contributed by atoms with Crippen molar-refractivity contribution in [2.75, 3.05) is 19.0 Å². The van der Waals surface area contributed by atoms with Crippen LogP contribution in [0.15, 0.2) is 48.5 Å². The van der Waals surface area contributed by atoms with Crippen molar-refractivity contribution in [2.45, 2.75) is 33.2 Å². The Morgan fingerprint density at radius 2 is 1.85 bits per heavy atom. The molecule has 1 saturated carbocycles. The first-order valence-electron chi connectivity index (χ1n) is 9.29. The fourth-order valence-corrected chi connectivity index (χ4v) is 3.26. The predicted molar refractivity (Wildman–Crippen MR) is 106 cm³/mol. The average Bonchev–Trinajstić information content (AvgIpc) is 3.49. The van der Waals surface area contributed by atoms with Crippen molar-refractivity contribution in [1.82, 2.24) is 4.90 Å². The molecule has 0 atom stereocenters. The van der Waals surface area contributed by atoms with Crippen LogP contribution < -0.4 is 10.1 Å². The van der Waals surface area contributed by atoms with Crippen LogP contribution in [0.4, 0.5) is 5.69 Å². The number of hydrogen-bond donors (Lipinski definition) is 1. The van der Waals surface area contributed by atoms with Gasteiger partial charge in [-0.1, -0.05) is 36.4 Å². The number of nitrogens with one attached hydrogen (secondary N) is 1. The number of carbonyl (C=O) groups excluding carboxylic acids is 2. The van der Waals surface area contributed by atoms with Gasteiger partial charge in [0.25, 0.3) is 0 Å². The largest absolute Gasteiger partial charge is 0.495 e. The first kappa shape index (κ1) is 19.0. The van der Waals surface area contributed by atoms with Gasteiger partial charge in [-0.2, -0.15) is 0 Å². The second-order valence-electron chi connectivity index (χ2n) is 7.04. The van der Waals surface area contributed by atoms with Crippen LogP contribution in [0.1, 0.15) is 30.9 Å². The minimum atomic E-state index is -0.959. The lowest BCUT2D eigenvalue weighted by Crippen LogP contribution is -2.42. The summed E-state index contributed by atoms with van der Waals surface area (Å²) in [5.41, 5.74) is 1.72. The van der Waals surface area contributed by atoms with E-state index >= 15 is 0 Å². The maximum Gasteiger partial charge on any atom is 0.240 e. The lowest BCUT2D eigenvalue weighted by molar-refractivity contribution is -0.142. The summed E-state index contributed by atoms with van der Waals surface area (Å²) in [5.74, 6) is 0.245. The lowest BCUT2D eigenvalue weighted by Gasteiger charge is -2.26. The molecule has 0 radical (unpaired) electrons. The Bertz CT molecular complexity index is 829. The molecule has 2 aromatic rings. The number of ether oxygens (including phenoxy) is 1. The van der Waals surface area contributed by atoms with Crippen LogP contribution >= 0.6 is 0 Å². The highest BCUT2D eigenvalue weighted by molar-refractivity contribution is 6.13. The van der Waals surface area contributed by atoms with E-state index < -0.39 is 5.41 Å². The normalized spacial score (nSPS) is 14.3. The first-order valence-corrected chi connectivity index (χ1v) is 9.29. The highest BCUT2D eigenvalue weighted by Gasteiger charge is 2.58. The van der Waals surface area contributed by atoms with E-state index in [9.17, 15) is 9.59 Å². The van der Waals surface area contributed by atoms with Gasteiger partial charge < -0.3 is 15.0 Å². The number of anilines is 1. The van der Waals surface area contributed by atoms with Crippen LogP contribution in [0.5, 0.6) is 5.75 Å². The van der Waals surface area contributed by atoms with Gasteiger partial charge in [-0.05, 0) is 49.9 Å². The fraction of sp³-hybridized carbons (Fsp3) is 0.364. The van der Waals surface area contributed by atoms with Gasteiger partial charge >= 0.3 is 0 Å². The third-order valence-corrected chi connectivity index (χ3v) is 5.08. The molecule has 0 aliphatic heterocycles. The van der Waals surface area contributed by atoms with Crippen LogP contribution in [0.3, 0.4) is 0 Å². The topological polar surface area (TPSA) is 58.6 Å². The quantitative estimate of drug-likeness (QED) is 0.759. The summed E-state index contributed by atoms with van der Waals surface area (Å²) < 4.78 is 5.33. The molecular formula is C22H26N2O3. The van der Waals surface area contributed by atoms with Crippen molar-refractivity contribution >= 4 is 17.5 Å². The minimum absolute atomic E-state index is 0.0991.